The van der Waals surface area contributed by atoms with Crippen LogP contribution in [0.15, 0.2) is 48.5 Å². The summed E-state index contributed by atoms with van der Waals surface area (Å²) in [5, 5.41) is 2.70. The molecule has 0 aliphatic heterocycles. The van der Waals surface area contributed by atoms with Crippen LogP contribution in [0.5, 0.6) is 0 Å². The zero-order valence-corrected chi connectivity index (χ0v) is 16.8. The molecule has 2 aromatic carbocycles. The first-order valence-corrected chi connectivity index (χ1v) is 9.57. The van der Waals surface area contributed by atoms with Gasteiger partial charge in [0.1, 0.15) is 6.04 Å². The van der Waals surface area contributed by atoms with Crippen molar-refractivity contribution in [3.05, 3.63) is 70.8 Å². The predicted molar refractivity (Wildman–Crippen MR) is 110 cm³/mol. The van der Waals surface area contributed by atoms with Gasteiger partial charge in [-0.25, -0.2) is 0 Å². The Morgan fingerprint density at radius 2 is 1.70 bits per heavy atom. The molecule has 0 aromatic heterocycles. The number of carbonyl (C=O) groups is 2. The fourth-order valence-electron chi connectivity index (χ4n) is 3.25. The second-order valence-corrected chi connectivity index (χ2v) is 6.96. The van der Waals surface area contributed by atoms with Crippen molar-refractivity contribution in [3.8, 4) is 0 Å². The van der Waals surface area contributed by atoms with E-state index < -0.39 is 6.04 Å². The largest absolute Gasteiger partial charge is 0.357 e. The van der Waals surface area contributed by atoms with Crippen LogP contribution in [0.1, 0.15) is 35.6 Å². The van der Waals surface area contributed by atoms with Crippen LogP contribution < -0.4 is 5.32 Å². The molecular weight excluding hydrogens is 336 g/mol. The minimum absolute atomic E-state index is 0.00960. The fourth-order valence-corrected chi connectivity index (χ4v) is 3.25. The topological polar surface area (TPSA) is 49.4 Å². The third-order valence-electron chi connectivity index (χ3n) is 5.04. The third kappa shape index (κ3) is 5.68. The van der Waals surface area contributed by atoms with E-state index in [1.54, 1.807) is 11.9 Å². The Bertz CT molecular complexity index is 771. The molecule has 0 radical (unpaired) electrons. The molecule has 144 valence electrons. The number of nitrogens with zero attached hydrogens (tertiary/aromatic N) is 1. The van der Waals surface area contributed by atoms with E-state index in [-0.39, 0.29) is 11.8 Å². The fraction of sp³-hybridized carbons (Fsp3) is 0.391. The Hall–Kier alpha value is -2.62. The van der Waals surface area contributed by atoms with E-state index in [4.69, 9.17) is 0 Å². The first-order chi connectivity index (χ1) is 13.0. The van der Waals surface area contributed by atoms with E-state index in [0.717, 1.165) is 17.5 Å². The van der Waals surface area contributed by atoms with Crippen molar-refractivity contribution in [2.75, 3.05) is 13.6 Å². The Morgan fingerprint density at radius 1 is 1.00 bits per heavy atom. The van der Waals surface area contributed by atoms with Crippen LogP contribution in [0.4, 0.5) is 0 Å². The Labute approximate surface area is 162 Å². The summed E-state index contributed by atoms with van der Waals surface area (Å²) in [7, 11) is 1.62. The molecule has 2 aromatic rings. The van der Waals surface area contributed by atoms with E-state index in [2.05, 4.69) is 25.2 Å². The zero-order valence-electron chi connectivity index (χ0n) is 16.8. The molecule has 0 aliphatic carbocycles. The molecule has 2 amide bonds. The van der Waals surface area contributed by atoms with E-state index in [0.29, 0.717) is 19.4 Å². The summed E-state index contributed by atoms with van der Waals surface area (Å²) in [4.78, 5) is 27.2. The smallest absolute Gasteiger partial charge is 0.242 e. The van der Waals surface area contributed by atoms with Gasteiger partial charge in [0.05, 0.1) is 6.42 Å². The zero-order chi connectivity index (χ0) is 19.8. The summed E-state index contributed by atoms with van der Waals surface area (Å²) < 4.78 is 0. The summed E-state index contributed by atoms with van der Waals surface area (Å²) >= 11 is 0. The molecule has 0 heterocycles. The minimum atomic E-state index is -0.447. The molecule has 0 fully saturated rings. The van der Waals surface area contributed by atoms with Gasteiger partial charge in [0, 0.05) is 13.6 Å². The number of amides is 2. The molecule has 0 bridgehead atoms. The van der Waals surface area contributed by atoms with Crippen LogP contribution >= 0.6 is 0 Å². The number of hydrogen-bond donors (Lipinski definition) is 1. The van der Waals surface area contributed by atoms with Gasteiger partial charge in [0.2, 0.25) is 11.8 Å². The lowest BCUT2D eigenvalue weighted by molar-refractivity contribution is -0.140. The monoisotopic (exact) mass is 366 g/mol. The van der Waals surface area contributed by atoms with Crippen molar-refractivity contribution >= 4 is 11.8 Å². The Kier molecular flexibility index (Phi) is 7.59. The van der Waals surface area contributed by atoms with Crippen molar-refractivity contribution in [2.24, 2.45) is 0 Å². The quantitative estimate of drug-likeness (QED) is 0.778. The second kappa shape index (κ2) is 9.91. The van der Waals surface area contributed by atoms with Crippen molar-refractivity contribution in [2.45, 2.75) is 46.1 Å². The molecule has 2 rings (SSSR count). The number of likely N-dealkylation sites (N-methyl/N-ethyl adjacent to an activating group) is 1. The van der Waals surface area contributed by atoms with Gasteiger partial charge in [0.15, 0.2) is 0 Å². The van der Waals surface area contributed by atoms with Crippen LogP contribution in [-0.4, -0.2) is 36.3 Å². The lowest BCUT2D eigenvalue weighted by atomic mass is 10.0. The normalized spacial score (nSPS) is 11.7. The maximum Gasteiger partial charge on any atom is 0.242 e. The number of carbonyl (C=O) groups excluding carboxylic acids is 2. The molecule has 27 heavy (non-hydrogen) atoms. The van der Waals surface area contributed by atoms with Gasteiger partial charge in [0.25, 0.3) is 0 Å². The van der Waals surface area contributed by atoms with E-state index in [1.165, 1.54) is 11.1 Å². The molecule has 0 spiro atoms. The minimum Gasteiger partial charge on any atom is -0.357 e. The molecule has 0 unspecified atom stereocenters. The van der Waals surface area contributed by atoms with Gasteiger partial charge in [-0.05, 0) is 48.9 Å². The molecule has 4 heteroatoms. The molecule has 0 aliphatic rings. The van der Waals surface area contributed by atoms with Crippen LogP contribution in [0.25, 0.3) is 0 Å². The third-order valence-corrected chi connectivity index (χ3v) is 5.04. The standard InChI is InChI=1S/C23H30N2O2/c1-5-21(23(27)24-4)25(14-13-19-9-7-6-8-10-19)22(26)16-20-12-11-17(2)18(3)15-20/h6-12,15,21H,5,13-14,16H2,1-4H3,(H,24,27)/t21-/m0/s1. The highest BCUT2D eigenvalue weighted by atomic mass is 16.2. The van der Waals surface area contributed by atoms with Gasteiger partial charge in [-0.15, -0.1) is 0 Å². The SMILES string of the molecule is CC[C@@H](C(=O)NC)N(CCc1ccccc1)C(=O)Cc1ccc(C)c(C)c1. The number of benzene rings is 2. The molecule has 1 N–H and O–H groups in total. The lowest BCUT2D eigenvalue weighted by Gasteiger charge is -2.30. The van der Waals surface area contributed by atoms with Gasteiger partial charge in [-0.2, -0.15) is 0 Å². The molecule has 0 saturated heterocycles. The first kappa shape index (κ1) is 20.7. The molecule has 1 atom stereocenters. The van der Waals surface area contributed by atoms with E-state index in [9.17, 15) is 9.59 Å². The summed E-state index contributed by atoms with van der Waals surface area (Å²) in [5.41, 5.74) is 4.53. The average molecular weight is 367 g/mol. The number of nitrogens with one attached hydrogen (secondary N) is 1. The lowest BCUT2D eigenvalue weighted by Crippen LogP contribution is -2.49. The summed E-state index contributed by atoms with van der Waals surface area (Å²) in [6.07, 6.45) is 1.63. The number of rotatable bonds is 8. The van der Waals surface area contributed by atoms with Crippen LogP contribution in [-0.2, 0) is 22.4 Å². The van der Waals surface area contributed by atoms with Gasteiger partial charge in [-0.3, -0.25) is 9.59 Å². The van der Waals surface area contributed by atoms with Crippen molar-refractivity contribution in [3.63, 3.8) is 0 Å². The van der Waals surface area contributed by atoms with Crippen LogP contribution in [0, 0.1) is 13.8 Å². The Morgan fingerprint density at radius 3 is 2.30 bits per heavy atom. The summed E-state index contributed by atoms with van der Waals surface area (Å²) in [6.45, 7) is 6.58. The van der Waals surface area contributed by atoms with Gasteiger partial charge < -0.3 is 10.2 Å². The first-order valence-electron chi connectivity index (χ1n) is 9.57. The highest BCUT2D eigenvalue weighted by Crippen LogP contribution is 2.14. The Balaban J connectivity index is 2.19. The maximum atomic E-state index is 13.1. The van der Waals surface area contributed by atoms with E-state index >= 15 is 0 Å². The molecule has 0 saturated carbocycles. The number of hydrogen-bond acceptors (Lipinski definition) is 2. The second-order valence-electron chi connectivity index (χ2n) is 6.96. The maximum absolute atomic E-state index is 13.1. The van der Waals surface area contributed by atoms with Crippen LogP contribution in [0.3, 0.4) is 0 Å². The number of aryl methyl sites for hydroxylation is 2. The molecular formula is C23H30N2O2. The summed E-state index contributed by atoms with van der Waals surface area (Å²) in [6, 6.07) is 15.7. The highest BCUT2D eigenvalue weighted by Gasteiger charge is 2.27. The summed E-state index contributed by atoms with van der Waals surface area (Å²) in [5.74, 6) is -0.122. The highest BCUT2D eigenvalue weighted by molar-refractivity contribution is 5.88. The van der Waals surface area contributed by atoms with Crippen molar-refractivity contribution < 1.29 is 9.59 Å². The van der Waals surface area contributed by atoms with Crippen molar-refractivity contribution in [1.82, 2.24) is 10.2 Å². The van der Waals surface area contributed by atoms with Gasteiger partial charge >= 0.3 is 0 Å². The molecule has 4 nitrogen and oxygen atoms in total. The van der Waals surface area contributed by atoms with E-state index in [1.807, 2.05) is 49.4 Å². The van der Waals surface area contributed by atoms with Crippen molar-refractivity contribution in [1.29, 1.82) is 0 Å². The predicted octanol–water partition coefficient (Wildman–Crippen LogP) is 3.44. The van der Waals surface area contributed by atoms with Crippen LogP contribution in [0.2, 0.25) is 0 Å². The average Bonchev–Trinajstić information content (AvgIpc) is 2.68. The van der Waals surface area contributed by atoms with Gasteiger partial charge in [-0.1, -0.05) is 55.5 Å².